The van der Waals surface area contributed by atoms with Crippen LogP contribution in [0.5, 0.6) is 0 Å². The molecule has 76 valence electrons. The number of nitrogens with one attached hydrogen (secondary N) is 1. The molecule has 3 heteroatoms. The maximum Gasteiger partial charge on any atom is 0.128 e. The zero-order valence-corrected chi connectivity index (χ0v) is 9.21. The van der Waals surface area contributed by atoms with Gasteiger partial charge in [-0.2, -0.15) is 0 Å². The lowest BCUT2D eigenvalue weighted by atomic mass is 10.2. The molecule has 1 N–H and O–H groups in total. The van der Waals surface area contributed by atoms with E-state index in [1.54, 1.807) is 7.05 Å². The minimum Gasteiger partial charge on any atom is -0.316 e. The molecule has 0 aliphatic heterocycles. The Morgan fingerprint density at radius 3 is 2.23 bits per heavy atom. The van der Waals surface area contributed by atoms with Crippen molar-refractivity contribution in [2.24, 2.45) is 0 Å². The van der Waals surface area contributed by atoms with Crippen LogP contribution in [-0.2, 0) is 0 Å². The minimum absolute atomic E-state index is 0.205. The van der Waals surface area contributed by atoms with E-state index in [0.717, 1.165) is 6.08 Å². The molecule has 0 amide bonds. The van der Waals surface area contributed by atoms with Crippen molar-refractivity contribution in [1.82, 2.24) is 5.32 Å². The van der Waals surface area contributed by atoms with Gasteiger partial charge in [0.25, 0.3) is 0 Å². The lowest BCUT2D eigenvalue weighted by molar-refractivity contribution is 0.649. The minimum atomic E-state index is -0.431. The molecule has 0 rings (SSSR count). The van der Waals surface area contributed by atoms with E-state index in [-0.39, 0.29) is 5.03 Å². The van der Waals surface area contributed by atoms with E-state index in [4.69, 9.17) is 11.6 Å². The third-order valence-corrected chi connectivity index (χ3v) is 1.38. The molecular weight excluding hydrogens is 189 g/mol. The molecule has 0 heterocycles. The highest BCUT2D eigenvalue weighted by Crippen LogP contribution is 2.17. The molecule has 0 bridgehead atoms. The first-order valence-corrected chi connectivity index (χ1v) is 4.51. The standard InChI is InChI=1S/C8H11ClFN.C2H6/c1-4-8(10)7(5-11-3)6(2)9;1-2/h4,11H,1-2,5H2,3H3;1-2H3/b8-7+;. The fraction of sp³-hybridized carbons (Fsp3) is 0.400. The Hall–Kier alpha value is -0.600. The van der Waals surface area contributed by atoms with Crippen LogP contribution >= 0.6 is 11.6 Å². The van der Waals surface area contributed by atoms with Crippen LogP contribution in [0.4, 0.5) is 4.39 Å². The summed E-state index contributed by atoms with van der Waals surface area (Å²) in [7, 11) is 1.70. The van der Waals surface area contributed by atoms with Crippen LogP contribution in [0.2, 0.25) is 0 Å². The summed E-state index contributed by atoms with van der Waals surface area (Å²) in [5, 5.41) is 2.98. The average molecular weight is 206 g/mol. The fourth-order valence-electron chi connectivity index (χ4n) is 0.610. The van der Waals surface area contributed by atoms with Gasteiger partial charge in [-0.15, -0.1) is 0 Å². The molecule has 0 saturated carbocycles. The average Bonchev–Trinajstić information content (AvgIpc) is 2.15. The molecule has 0 aliphatic rings. The molecule has 0 aromatic rings. The molecule has 0 saturated heterocycles. The van der Waals surface area contributed by atoms with Gasteiger partial charge in [0.1, 0.15) is 5.83 Å². The maximum absolute atomic E-state index is 12.8. The van der Waals surface area contributed by atoms with Gasteiger partial charge in [-0.3, -0.25) is 0 Å². The van der Waals surface area contributed by atoms with Crippen LogP contribution in [0.1, 0.15) is 13.8 Å². The fourth-order valence-corrected chi connectivity index (χ4v) is 0.767. The lowest BCUT2D eigenvalue weighted by Crippen LogP contribution is -2.11. The third-order valence-electron chi connectivity index (χ3n) is 1.15. The van der Waals surface area contributed by atoms with Gasteiger partial charge in [-0.1, -0.05) is 38.6 Å². The van der Waals surface area contributed by atoms with Gasteiger partial charge in [-0.25, -0.2) is 4.39 Å². The Morgan fingerprint density at radius 1 is 1.54 bits per heavy atom. The Morgan fingerprint density at radius 2 is 2.00 bits per heavy atom. The summed E-state index contributed by atoms with van der Waals surface area (Å²) in [5.41, 5.74) is 0.351. The highest BCUT2D eigenvalue weighted by atomic mass is 35.5. The molecule has 0 spiro atoms. The van der Waals surface area contributed by atoms with Crippen LogP contribution in [0, 0.1) is 0 Å². The SMILES string of the molecule is C=C/C(F)=C(/CNC)C(=C)Cl.CC. The molecule has 0 unspecified atom stereocenters. The predicted octanol–water partition coefficient (Wildman–Crippen LogP) is 3.39. The first-order valence-electron chi connectivity index (χ1n) is 4.14. The van der Waals surface area contributed by atoms with Gasteiger partial charge < -0.3 is 5.32 Å². The number of hydrogen-bond acceptors (Lipinski definition) is 1. The summed E-state index contributed by atoms with van der Waals surface area (Å²) in [6.45, 7) is 11.1. The number of hydrogen-bond donors (Lipinski definition) is 1. The monoisotopic (exact) mass is 205 g/mol. The zero-order valence-electron chi connectivity index (χ0n) is 8.45. The van der Waals surface area contributed by atoms with Crippen molar-refractivity contribution in [2.45, 2.75) is 13.8 Å². The molecule has 0 aromatic carbocycles. The maximum atomic E-state index is 12.8. The van der Waals surface area contributed by atoms with Crippen molar-refractivity contribution in [1.29, 1.82) is 0 Å². The second kappa shape index (κ2) is 9.49. The Kier molecular flexibility index (Phi) is 10.9. The Labute approximate surface area is 85.0 Å². The molecular formula is C10H17ClFN. The van der Waals surface area contributed by atoms with Crippen LogP contribution in [-0.4, -0.2) is 13.6 Å². The smallest absolute Gasteiger partial charge is 0.128 e. The first kappa shape index (κ1) is 14.9. The van der Waals surface area contributed by atoms with E-state index in [0.29, 0.717) is 12.1 Å². The van der Waals surface area contributed by atoms with Crippen LogP contribution in [0.15, 0.2) is 35.7 Å². The van der Waals surface area contributed by atoms with E-state index in [1.807, 2.05) is 13.8 Å². The van der Waals surface area contributed by atoms with Crippen molar-refractivity contribution >= 4 is 11.6 Å². The van der Waals surface area contributed by atoms with E-state index in [9.17, 15) is 4.39 Å². The van der Waals surface area contributed by atoms with Crippen molar-refractivity contribution in [3.8, 4) is 0 Å². The highest BCUT2D eigenvalue weighted by molar-refractivity contribution is 6.31. The third kappa shape index (κ3) is 6.55. The molecule has 13 heavy (non-hydrogen) atoms. The summed E-state index contributed by atoms with van der Waals surface area (Å²) >= 11 is 5.52. The van der Waals surface area contributed by atoms with Gasteiger partial charge in [0.2, 0.25) is 0 Å². The van der Waals surface area contributed by atoms with Crippen LogP contribution < -0.4 is 5.32 Å². The van der Waals surface area contributed by atoms with Gasteiger partial charge in [0, 0.05) is 17.2 Å². The molecule has 0 radical (unpaired) electrons. The summed E-state index contributed by atoms with van der Waals surface area (Å²) in [6, 6.07) is 0. The van der Waals surface area contributed by atoms with E-state index < -0.39 is 5.83 Å². The van der Waals surface area contributed by atoms with Crippen LogP contribution in [0.25, 0.3) is 0 Å². The largest absolute Gasteiger partial charge is 0.316 e. The van der Waals surface area contributed by atoms with E-state index >= 15 is 0 Å². The zero-order chi connectivity index (χ0) is 10.9. The number of likely N-dealkylation sites (N-methyl/N-ethyl adjacent to an activating group) is 1. The van der Waals surface area contributed by atoms with Crippen molar-refractivity contribution in [2.75, 3.05) is 13.6 Å². The topological polar surface area (TPSA) is 12.0 Å². The van der Waals surface area contributed by atoms with Crippen LogP contribution in [0.3, 0.4) is 0 Å². The molecule has 0 atom stereocenters. The second-order valence-electron chi connectivity index (χ2n) is 1.97. The summed E-state index contributed by atoms with van der Waals surface area (Å²) in [4.78, 5) is 0. The van der Waals surface area contributed by atoms with Crippen molar-refractivity contribution in [3.63, 3.8) is 0 Å². The highest BCUT2D eigenvalue weighted by Gasteiger charge is 2.04. The second-order valence-corrected chi connectivity index (χ2v) is 2.42. The van der Waals surface area contributed by atoms with Gasteiger partial charge in [0.05, 0.1) is 0 Å². The lowest BCUT2D eigenvalue weighted by Gasteiger charge is -2.03. The van der Waals surface area contributed by atoms with E-state index in [1.165, 1.54) is 0 Å². The molecule has 1 nitrogen and oxygen atoms in total. The summed E-state index contributed by atoms with van der Waals surface area (Å²) < 4.78 is 12.8. The number of halogens is 2. The van der Waals surface area contributed by atoms with E-state index in [2.05, 4.69) is 18.5 Å². The van der Waals surface area contributed by atoms with Gasteiger partial charge in [0.15, 0.2) is 0 Å². The predicted molar refractivity (Wildman–Crippen MR) is 58.6 cm³/mol. The normalized spacial score (nSPS) is 10.8. The number of allylic oxidation sites excluding steroid dienone is 2. The summed E-state index contributed by atoms with van der Waals surface area (Å²) in [5.74, 6) is -0.431. The Balaban J connectivity index is 0. The quantitative estimate of drug-likeness (QED) is 0.694. The first-order chi connectivity index (χ1) is 6.13. The molecule has 0 fully saturated rings. The van der Waals surface area contributed by atoms with Gasteiger partial charge in [-0.05, 0) is 13.1 Å². The Bertz CT molecular complexity index is 197. The molecule has 0 aromatic heterocycles. The summed E-state index contributed by atoms with van der Waals surface area (Å²) in [6.07, 6.45) is 1.11. The molecule has 0 aliphatic carbocycles. The van der Waals surface area contributed by atoms with Crippen molar-refractivity contribution < 1.29 is 4.39 Å². The van der Waals surface area contributed by atoms with Crippen molar-refractivity contribution in [3.05, 3.63) is 35.7 Å². The number of rotatable bonds is 4. The van der Waals surface area contributed by atoms with Gasteiger partial charge >= 0.3 is 0 Å².